The van der Waals surface area contributed by atoms with Crippen molar-refractivity contribution in [2.24, 2.45) is 0 Å². The van der Waals surface area contributed by atoms with Crippen LogP contribution in [0.15, 0.2) is 35.1 Å². The van der Waals surface area contributed by atoms with Crippen LogP contribution in [0.1, 0.15) is 17.1 Å². The van der Waals surface area contributed by atoms with Gasteiger partial charge in [-0.1, -0.05) is 11.2 Å². The van der Waals surface area contributed by atoms with Crippen molar-refractivity contribution >= 4 is 22.6 Å². The summed E-state index contributed by atoms with van der Waals surface area (Å²) in [6.07, 6.45) is 1.57. The van der Waals surface area contributed by atoms with E-state index in [0.717, 1.165) is 22.6 Å². The quantitative estimate of drug-likeness (QED) is 0.681. The Morgan fingerprint density at radius 3 is 2.94 bits per heavy atom. The normalized spacial score (nSPS) is 11.2. The summed E-state index contributed by atoms with van der Waals surface area (Å²) < 4.78 is 6.92. The number of aryl methyl sites for hydroxylation is 1. The fourth-order valence-corrected chi connectivity index (χ4v) is 2.25. The number of hydrogen-bond acceptors (Lipinski definition) is 3. The highest BCUT2D eigenvalue weighted by atomic mass is 35.5. The molecule has 18 heavy (non-hydrogen) atoms. The number of fused-ring (bicyclic) bond motifs is 1. The molecule has 0 saturated carbocycles. The maximum absolute atomic E-state index is 5.96. The van der Waals surface area contributed by atoms with Gasteiger partial charge in [-0.25, -0.2) is 4.98 Å². The Balaban J connectivity index is 2.13. The summed E-state index contributed by atoms with van der Waals surface area (Å²) in [5, 5.41) is 3.92. The second-order valence-corrected chi connectivity index (χ2v) is 4.50. The smallest absolute Gasteiger partial charge is 0.125 e. The molecule has 0 saturated heterocycles. The molecule has 2 heterocycles. The zero-order chi connectivity index (χ0) is 12.5. The van der Waals surface area contributed by atoms with E-state index in [4.69, 9.17) is 16.1 Å². The largest absolute Gasteiger partial charge is 0.364 e. The van der Waals surface area contributed by atoms with E-state index < -0.39 is 0 Å². The van der Waals surface area contributed by atoms with Crippen molar-refractivity contribution in [3.05, 3.63) is 47.6 Å². The standard InChI is InChI=1S/C13H12ClN3O/c1-9-2-3-12-11(6-9)15-13(7-14)17(12)8-10-4-5-18-16-10/h2-6H,7-8H2,1H3. The fraction of sp³-hybridized carbons (Fsp3) is 0.231. The molecule has 5 heteroatoms. The molecule has 1 aromatic carbocycles. The van der Waals surface area contributed by atoms with Gasteiger partial charge in [-0.05, 0) is 24.6 Å². The second-order valence-electron chi connectivity index (χ2n) is 4.23. The van der Waals surface area contributed by atoms with Crippen LogP contribution in [0.25, 0.3) is 11.0 Å². The first-order valence-corrected chi connectivity index (χ1v) is 6.22. The molecule has 0 fully saturated rings. The van der Waals surface area contributed by atoms with Crippen LogP contribution in [0.5, 0.6) is 0 Å². The summed E-state index contributed by atoms with van der Waals surface area (Å²) in [6.45, 7) is 2.68. The number of nitrogens with zero attached hydrogens (tertiary/aromatic N) is 3. The van der Waals surface area contributed by atoms with Gasteiger partial charge in [0.2, 0.25) is 0 Å². The van der Waals surface area contributed by atoms with E-state index in [0.29, 0.717) is 12.4 Å². The summed E-state index contributed by atoms with van der Waals surface area (Å²) in [4.78, 5) is 4.55. The van der Waals surface area contributed by atoms with Gasteiger partial charge < -0.3 is 9.09 Å². The van der Waals surface area contributed by atoms with Gasteiger partial charge in [0.1, 0.15) is 17.8 Å². The minimum absolute atomic E-state index is 0.381. The van der Waals surface area contributed by atoms with Crippen LogP contribution in [0.2, 0.25) is 0 Å². The molecule has 0 aliphatic heterocycles. The molecule has 0 radical (unpaired) electrons. The van der Waals surface area contributed by atoms with Crippen LogP contribution >= 0.6 is 11.6 Å². The molecule has 0 aliphatic rings. The molecule has 3 rings (SSSR count). The Bertz CT molecular complexity index is 673. The Morgan fingerprint density at radius 1 is 1.33 bits per heavy atom. The fourth-order valence-electron chi connectivity index (χ4n) is 2.05. The van der Waals surface area contributed by atoms with E-state index in [-0.39, 0.29) is 0 Å². The van der Waals surface area contributed by atoms with Crippen LogP contribution in [0.4, 0.5) is 0 Å². The number of rotatable bonds is 3. The first kappa shape index (κ1) is 11.3. The van der Waals surface area contributed by atoms with Gasteiger partial charge in [-0.15, -0.1) is 11.6 Å². The van der Waals surface area contributed by atoms with Gasteiger partial charge in [0.15, 0.2) is 0 Å². The SMILES string of the molecule is Cc1ccc2c(c1)nc(CCl)n2Cc1ccon1. The van der Waals surface area contributed by atoms with E-state index in [1.54, 1.807) is 6.26 Å². The zero-order valence-electron chi connectivity index (χ0n) is 9.93. The predicted molar refractivity (Wildman–Crippen MR) is 69.6 cm³/mol. The Labute approximate surface area is 109 Å². The van der Waals surface area contributed by atoms with Crippen molar-refractivity contribution in [1.29, 1.82) is 0 Å². The number of halogens is 1. The molecule has 3 aromatic rings. The van der Waals surface area contributed by atoms with Gasteiger partial charge in [0, 0.05) is 6.07 Å². The monoisotopic (exact) mass is 261 g/mol. The number of hydrogen-bond donors (Lipinski definition) is 0. The van der Waals surface area contributed by atoms with E-state index >= 15 is 0 Å². The number of alkyl halides is 1. The van der Waals surface area contributed by atoms with Crippen LogP contribution in [0.3, 0.4) is 0 Å². The van der Waals surface area contributed by atoms with Crippen molar-refractivity contribution in [2.75, 3.05) is 0 Å². The highest BCUT2D eigenvalue weighted by molar-refractivity contribution is 6.16. The lowest BCUT2D eigenvalue weighted by Gasteiger charge is -2.04. The second kappa shape index (κ2) is 4.46. The van der Waals surface area contributed by atoms with Crippen molar-refractivity contribution in [3.8, 4) is 0 Å². The van der Waals surface area contributed by atoms with Crippen molar-refractivity contribution in [2.45, 2.75) is 19.3 Å². The van der Waals surface area contributed by atoms with Gasteiger partial charge in [-0.3, -0.25) is 0 Å². The van der Waals surface area contributed by atoms with Crippen LogP contribution in [-0.4, -0.2) is 14.7 Å². The average Bonchev–Trinajstić information content (AvgIpc) is 2.97. The first-order chi connectivity index (χ1) is 8.78. The maximum atomic E-state index is 5.96. The van der Waals surface area contributed by atoms with Crippen molar-refractivity contribution in [3.63, 3.8) is 0 Å². The Hall–Kier alpha value is -1.81. The molecule has 0 aliphatic carbocycles. The minimum atomic E-state index is 0.381. The topological polar surface area (TPSA) is 43.9 Å². The van der Waals surface area contributed by atoms with Crippen molar-refractivity contribution in [1.82, 2.24) is 14.7 Å². The van der Waals surface area contributed by atoms with Gasteiger partial charge in [0.05, 0.1) is 23.5 Å². The molecule has 0 amide bonds. The first-order valence-electron chi connectivity index (χ1n) is 5.69. The van der Waals surface area contributed by atoms with E-state index in [2.05, 4.69) is 39.8 Å². The highest BCUT2D eigenvalue weighted by Crippen LogP contribution is 2.20. The maximum Gasteiger partial charge on any atom is 0.125 e. The predicted octanol–water partition coefficient (Wildman–Crippen LogP) is 3.12. The van der Waals surface area contributed by atoms with Gasteiger partial charge >= 0.3 is 0 Å². The molecule has 2 aromatic heterocycles. The summed E-state index contributed by atoms with van der Waals surface area (Å²) in [5.74, 6) is 1.23. The Kier molecular flexibility index (Phi) is 2.80. The van der Waals surface area contributed by atoms with Crippen LogP contribution in [-0.2, 0) is 12.4 Å². The molecular formula is C13H12ClN3O. The van der Waals surface area contributed by atoms with Gasteiger partial charge in [0.25, 0.3) is 0 Å². The lowest BCUT2D eigenvalue weighted by molar-refractivity contribution is 0.409. The lowest BCUT2D eigenvalue weighted by Crippen LogP contribution is -2.03. The molecule has 0 unspecified atom stereocenters. The highest BCUT2D eigenvalue weighted by Gasteiger charge is 2.11. The minimum Gasteiger partial charge on any atom is -0.364 e. The van der Waals surface area contributed by atoms with E-state index in [1.165, 1.54) is 5.56 Å². The summed E-state index contributed by atoms with van der Waals surface area (Å²) in [5.41, 5.74) is 4.09. The van der Waals surface area contributed by atoms with Crippen LogP contribution < -0.4 is 0 Å². The molecule has 92 valence electrons. The average molecular weight is 262 g/mol. The lowest BCUT2D eigenvalue weighted by atomic mass is 10.2. The number of benzene rings is 1. The summed E-state index contributed by atoms with van der Waals surface area (Å²) in [7, 11) is 0. The molecule has 0 N–H and O–H groups in total. The molecular weight excluding hydrogens is 250 g/mol. The van der Waals surface area contributed by atoms with E-state index in [9.17, 15) is 0 Å². The molecule has 4 nitrogen and oxygen atoms in total. The zero-order valence-corrected chi connectivity index (χ0v) is 10.7. The number of aromatic nitrogens is 3. The van der Waals surface area contributed by atoms with Crippen molar-refractivity contribution < 1.29 is 4.52 Å². The van der Waals surface area contributed by atoms with Gasteiger partial charge in [-0.2, -0.15) is 0 Å². The third kappa shape index (κ3) is 1.88. The molecule has 0 bridgehead atoms. The molecule has 0 atom stereocenters. The molecule has 0 spiro atoms. The van der Waals surface area contributed by atoms with E-state index in [1.807, 2.05) is 6.07 Å². The number of imidazole rings is 1. The Morgan fingerprint density at radius 2 is 2.22 bits per heavy atom. The third-order valence-electron chi connectivity index (χ3n) is 2.91. The summed E-state index contributed by atoms with van der Waals surface area (Å²) in [6, 6.07) is 8.04. The summed E-state index contributed by atoms with van der Waals surface area (Å²) >= 11 is 5.96. The van der Waals surface area contributed by atoms with Crippen LogP contribution in [0, 0.1) is 6.92 Å². The third-order valence-corrected chi connectivity index (χ3v) is 3.15.